The van der Waals surface area contributed by atoms with Crippen LogP contribution in [0, 0.1) is 6.92 Å². The molecule has 2 nitrogen and oxygen atoms in total. The second kappa shape index (κ2) is 2.02. The van der Waals surface area contributed by atoms with E-state index in [0.29, 0.717) is 0 Å². The number of pyridine rings is 1. The van der Waals surface area contributed by atoms with Crippen molar-refractivity contribution in [2.24, 2.45) is 0 Å². The van der Waals surface area contributed by atoms with Gasteiger partial charge in [-0.2, -0.15) is 0 Å². The molecule has 0 aliphatic heterocycles. The van der Waals surface area contributed by atoms with Crippen LogP contribution in [-0.2, 0) is 0 Å². The molecule has 0 bridgehead atoms. The van der Waals surface area contributed by atoms with E-state index in [-0.39, 0.29) is 0 Å². The molecular formula is C9H10N2. The molecule has 56 valence electrons. The number of nitrogens with two attached hydrogens (primary N) is 1. The summed E-state index contributed by atoms with van der Waals surface area (Å²) in [7, 11) is 0. The fourth-order valence-corrected chi connectivity index (χ4v) is 1.30. The fourth-order valence-electron chi connectivity index (χ4n) is 1.30. The zero-order chi connectivity index (χ0) is 7.84. The number of nitrogen functional groups attached to an aromatic ring is 1. The van der Waals surface area contributed by atoms with Gasteiger partial charge in [0.05, 0.1) is 11.2 Å². The molecule has 0 spiro atoms. The summed E-state index contributed by atoms with van der Waals surface area (Å²) in [4.78, 5) is 0. The van der Waals surface area contributed by atoms with Gasteiger partial charge in [-0.3, -0.25) is 0 Å². The third kappa shape index (κ3) is 0.871. The Hall–Kier alpha value is -1.44. The van der Waals surface area contributed by atoms with Gasteiger partial charge in [0.1, 0.15) is 0 Å². The number of fused-ring (bicyclic) bond motifs is 1. The number of aryl methyl sites for hydroxylation is 1. The average Bonchev–Trinajstić information content (AvgIpc) is 2.31. The second-order valence-electron chi connectivity index (χ2n) is 2.77. The molecule has 0 aliphatic rings. The van der Waals surface area contributed by atoms with E-state index in [4.69, 9.17) is 5.73 Å². The number of aromatic nitrogens is 1. The topological polar surface area (TPSA) is 30.4 Å². The van der Waals surface area contributed by atoms with Crippen LogP contribution in [0.2, 0.25) is 0 Å². The van der Waals surface area contributed by atoms with Crippen LogP contribution in [0.5, 0.6) is 0 Å². The highest BCUT2D eigenvalue weighted by Crippen LogP contribution is 2.15. The maximum Gasteiger partial charge on any atom is 0.0683 e. The van der Waals surface area contributed by atoms with E-state index < -0.39 is 0 Å². The van der Waals surface area contributed by atoms with Gasteiger partial charge in [0.2, 0.25) is 0 Å². The van der Waals surface area contributed by atoms with Crippen molar-refractivity contribution in [2.45, 2.75) is 6.92 Å². The molecule has 0 atom stereocenters. The maximum absolute atomic E-state index is 5.75. The Morgan fingerprint density at radius 2 is 2.27 bits per heavy atom. The summed E-state index contributed by atoms with van der Waals surface area (Å²) in [5.41, 5.74) is 8.91. The third-order valence-corrected chi connectivity index (χ3v) is 1.80. The largest absolute Gasteiger partial charge is 0.397 e. The fraction of sp³-hybridized carbons (Fsp3) is 0.111. The van der Waals surface area contributed by atoms with Crippen LogP contribution < -0.4 is 5.73 Å². The highest BCUT2D eigenvalue weighted by Gasteiger charge is 1.96. The average molecular weight is 146 g/mol. The monoisotopic (exact) mass is 146 g/mol. The van der Waals surface area contributed by atoms with Crippen LogP contribution in [-0.4, -0.2) is 4.40 Å². The second-order valence-corrected chi connectivity index (χ2v) is 2.77. The Labute approximate surface area is 65.3 Å². The van der Waals surface area contributed by atoms with Gasteiger partial charge in [0.15, 0.2) is 0 Å². The molecule has 0 unspecified atom stereocenters. The quantitative estimate of drug-likeness (QED) is 0.603. The van der Waals surface area contributed by atoms with E-state index in [1.54, 1.807) is 0 Å². The Kier molecular flexibility index (Phi) is 1.15. The molecule has 11 heavy (non-hydrogen) atoms. The molecule has 2 aromatic heterocycles. The molecule has 0 aromatic carbocycles. The van der Waals surface area contributed by atoms with Gasteiger partial charge in [0.25, 0.3) is 0 Å². The molecule has 2 heteroatoms. The number of hydrogen-bond acceptors (Lipinski definition) is 1. The molecule has 2 heterocycles. The van der Waals surface area contributed by atoms with Gasteiger partial charge < -0.3 is 10.1 Å². The van der Waals surface area contributed by atoms with Crippen molar-refractivity contribution in [3.05, 3.63) is 36.2 Å². The normalized spacial score (nSPS) is 10.6. The summed E-state index contributed by atoms with van der Waals surface area (Å²) in [5.74, 6) is 0. The van der Waals surface area contributed by atoms with Gasteiger partial charge in [-0.15, -0.1) is 0 Å². The lowest BCUT2D eigenvalue weighted by Gasteiger charge is -1.95. The summed E-state index contributed by atoms with van der Waals surface area (Å²) in [6, 6.07) is 5.94. The highest BCUT2D eigenvalue weighted by molar-refractivity contribution is 5.70. The lowest BCUT2D eigenvalue weighted by atomic mass is 10.3. The first-order chi connectivity index (χ1) is 5.27. The number of nitrogens with zero attached hydrogens (tertiary/aromatic N) is 1. The van der Waals surface area contributed by atoms with Crippen LogP contribution in [0.4, 0.5) is 5.69 Å². The summed E-state index contributed by atoms with van der Waals surface area (Å²) in [6.07, 6.45) is 4.06. The van der Waals surface area contributed by atoms with Crippen LogP contribution in [0.3, 0.4) is 0 Å². The van der Waals surface area contributed by atoms with Crippen molar-refractivity contribution >= 4 is 11.2 Å². The van der Waals surface area contributed by atoms with Gasteiger partial charge in [-0.25, -0.2) is 0 Å². The minimum absolute atomic E-state index is 0.834. The van der Waals surface area contributed by atoms with Gasteiger partial charge in [-0.05, 0) is 30.7 Å². The molecule has 0 aliphatic carbocycles. The summed E-state index contributed by atoms with van der Waals surface area (Å²) in [5, 5.41) is 0. The van der Waals surface area contributed by atoms with Crippen LogP contribution in [0.25, 0.3) is 5.52 Å². The van der Waals surface area contributed by atoms with Crippen LogP contribution in [0.1, 0.15) is 5.56 Å². The van der Waals surface area contributed by atoms with Crippen LogP contribution in [0.15, 0.2) is 30.6 Å². The van der Waals surface area contributed by atoms with E-state index in [9.17, 15) is 0 Å². The van der Waals surface area contributed by atoms with E-state index in [1.807, 2.05) is 22.7 Å². The number of rotatable bonds is 0. The Morgan fingerprint density at radius 1 is 1.45 bits per heavy atom. The minimum Gasteiger partial charge on any atom is -0.397 e. The Morgan fingerprint density at radius 3 is 3.00 bits per heavy atom. The van der Waals surface area contributed by atoms with Crippen molar-refractivity contribution in [1.29, 1.82) is 0 Å². The molecule has 2 aromatic rings. The van der Waals surface area contributed by atoms with Crippen molar-refractivity contribution in [1.82, 2.24) is 4.40 Å². The number of hydrogen-bond donors (Lipinski definition) is 1. The first kappa shape index (κ1) is 6.28. The predicted octanol–water partition coefficient (Wildman–Crippen LogP) is 1.83. The van der Waals surface area contributed by atoms with Gasteiger partial charge in [-0.1, -0.05) is 0 Å². The van der Waals surface area contributed by atoms with E-state index in [0.717, 1.165) is 11.2 Å². The predicted molar refractivity (Wildman–Crippen MR) is 46.5 cm³/mol. The zero-order valence-corrected chi connectivity index (χ0v) is 6.41. The van der Waals surface area contributed by atoms with Crippen LogP contribution >= 0.6 is 0 Å². The third-order valence-electron chi connectivity index (χ3n) is 1.80. The summed E-state index contributed by atoms with van der Waals surface area (Å²) < 4.78 is 2.03. The lowest BCUT2D eigenvalue weighted by Crippen LogP contribution is -1.88. The first-order valence-electron chi connectivity index (χ1n) is 3.60. The van der Waals surface area contributed by atoms with Crippen molar-refractivity contribution in [2.75, 3.05) is 5.73 Å². The van der Waals surface area contributed by atoms with E-state index in [1.165, 1.54) is 5.56 Å². The molecule has 0 fully saturated rings. The van der Waals surface area contributed by atoms with Crippen molar-refractivity contribution in [3.8, 4) is 0 Å². The SMILES string of the molecule is Cc1cc2c(N)cccn2c1. The van der Waals surface area contributed by atoms with E-state index in [2.05, 4.69) is 19.2 Å². The molecule has 0 amide bonds. The molecule has 2 rings (SSSR count). The van der Waals surface area contributed by atoms with Crippen molar-refractivity contribution in [3.63, 3.8) is 0 Å². The number of anilines is 1. The van der Waals surface area contributed by atoms with Gasteiger partial charge >= 0.3 is 0 Å². The van der Waals surface area contributed by atoms with E-state index >= 15 is 0 Å². The van der Waals surface area contributed by atoms with Gasteiger partial charge in [0, 0.05) is 12.4 Å². The molecule has 2 N–H and O–H groups in total. The minimum atomic E-state index is 0.834. The maximum atomic E-state index is 5.75. The molecule has 0 saturated carbocycles. The highest BCUT2D eigenvalue weighted by atomic mass is 14.9. The molecule has 0 radical (unpaired) electrons. The summed E-state index contributed by atoms with van der Waals surface area (Å²) in [6.45, 7) is 2.06. The summed E-state index contributed by atoms with van der Waals surface area (Å²) >= 11 is 0. The smallest absolute Gasteiger partial charge is 0.0683 e. The standard InChI is InChI=1S/C9H10N2/c1-7-5-9-8(10)3-2-4-11(9)6-7/h2-6H,10H2,1H3. The molecular weight excluding hydrogens is 136 g/mol. The lowest BCUT2D eigenvalue weighted by molar-refractivity contribution is 1.19. The Bertz CT molecular complexity index is 387. The first-order valence-corrected chi connectivity index (χ1v) is 3.60. The van der Waals surface area contributed by atoms with Crippen molar-refractivity contribution < 1.29 is 0 Å². The molecule has 0 saturated heterocycles. The zero-order valence-electron chi connectivity index (χ0n) is 6.41. The Balaban J connectivity index is 2.90.